The minimum atomic E-state index is -1.08. The van der Waals surface area contributed by atoms with E-state index >= 15 is 0 Å². The monoisotopic (exact) mass is 253 g/mol. The van der Waals surface area contributed by atoms with Crippen LogP contribution in [0.15, 0.2) is 12.4 Å². The number of hydrogen-bond acceptors (Lipinski definition) is 4. The zero-order valence-electron chi connectivity index (χ0n) is 10.5. The predicted octanol–water partition coefficient (Wildman–Crippen LogP) is -0.314. The number of hydrogen-bond donors (Lipinski definition) is 3. The summed E-state index contributed by atoms with van der Waals surface area (Å²) in [5.74, 6) is 0.00532. The predicted molar refractivity (Wildman–Crippen MR) is 64.7 cm³/mol. The molecule has 2 heterocycles. The smallest absolute Gasteiger partial charge is 0.222 e. The van der Waals surface area contributed by atoms with Crippen molar-refractivity contribution in [1.82, 2.24) is 15.1 Å². The Morgan fingerprint density at radius 2 is 2.50 bits per heavy atom. The lowest BCUT2D eigenvalue weighted by Crippen LogP contribution is -2.55. The zero-order chi connectivity index (χ0) is 13.2. The SMILES string of the molecule is CC1(O)CCN(C(=O)CCc2cn[nH]c2)CC1O. The Bertz CT molecular complexity index is 403. The summed E-state index contributed by atoms with van der Waals surface area (Å²) < 4.78 is 0. The van der Waals surface area contributed by atoms with E-state index in [9.17, 15) is 15.0 Å². The number of carbonyl (C=O) groups is 1. The molecule has 0 saturated carbocycles. The molecule has 6 heteroatoms. The van der Waals surface area contributed by atoms with E-state index in [-0.39, 0.29) is 12.5 Å². The third-order valence-electron chi connectivity index (χ3n) is 3.53. The fourth-order valence-electron chi connectivity index (χ4n) is 2.07. The molecular formula is C12H19N3O3. The van der Waals surface area contributed by atoms with Crippen molar-refractivity contribution in [3.8, 4) is 0 Å². The van der Waals surface area contributed by atoms with Crippen molar-refractivity contribution in [2.24, 2.45) is 0 Å². The van der Waals surface area contributed by atoms with Gasteiger partial charge in [0.2, 0.25) is 5.91 Å². The van der Waals surface area contributed by atoms with Crippen LogP contribution in [0, 0.1) is 0 Å². The van der Waals surface area contributed by atoms with Crippen LogP contribution in [-0.2, 0) is 11.2 Å². The number of nitrogens with zero attached hydrogens (tertiary/aromatic N) is 2. The molecule has 6 nitrogen and oxygen atoms in total. The first-order valence-corrected chi connectivity index (χ1v) is 6.15. The van der Waals surface area contributed by atoms with Gasteiger partial charge in [0.25, 0.3) is 0 Å². The Kier molecular flexibility index (Phi) is 3.68. The highest BCUT2D eigenvalue weighted by Gasteiger charge is 2.37. The molecule has 1 aliphatic rings. The van der Waals surface area contributed by atoms with Gasteiger partial charge in [-0.05, 0) is 25.3 Å². The number of rotatable bonds is 3. The highest BCUT2D eigenvalue weighted by atomic mass is 16.3. The lowest BCUT2D eigenvalue weighted by Gasteiger charge is -2.39. The molecule has 100 valence electrons. The summed E-state index contributed by atoms with van der Waals surface area (Å²) in [5, 5.41) is 26.1. The first kappa shape index (κ1) is 13.0. The van der Waals surface area contributed by atoms with Crippen LogP contribution in [0.1, 0.15) is 25.3 Å². The van der Waals surface area contributed by atoms with Crippen molar-refractivity contribution in [2.45, 2.75) is 37.9 Å². The van der Waals surface area contributed by atoms with Crippen molar-refractivity contribution in [2.75, 3.05) is 13.1 Å². The van der Waals surface area contributed by atoms with Crippen LogP contribution in [-0.4, -0.2) is 56.0 Å². The van der Waals surface area contributed by atoms with Gasteiger partial charge >= 0.3 is 0 Å². The Morgan fingerprint density at radius 3 is 3.11 bits per heavy atom. The maximum atomic E-state index is 12.0. The number of H-pyrrole nitrogens is 1. The number of amides is 1. The number of aryl methyl sites for hydroxylation is 1. The van der Waals surface area contributed by atoms with Gasteiger partial charge in [0.15, 0.2) is 0 Å². The van der Waals surface area contributed by atoms with Gasteiger partial charge in [-0.1, -0.05) is 0 Å². The molecular weight excluding hydrogens is 234 g/mol. The second-order valence-electron chi connectivity index (χ2n) is 5.07. The summed E-state index contributed by atoms with van der Waals surface area (Å²) in [5.41, 5.74) is -0.0886. The van der Waals surface area contributed by atoms with Crippen LogP contribution in [0.3, 0.4) is 0 Å². The molecule has 0 aliphatic carbocycles. The lowest BCUT2D eigenvalue weighted by atomic mass is 9.90. The Hall–Kier alpha value is -1.40. The number of β-amino-alcohol motifs (C(OH)–C–C–N with tert-alkyl or cyclic N) is 1. The fraction of sp³-hybridized carbons (Fsp3) is 0.667. The summed E-state index contributed by atoms with van der Waals surface area (Å²) in [6, 6.07) is 0. The first-order chi connectivity index (χ1) is 8.49. The van der Waals surface area contributed by atoms with Crippen LogP contribution in [0.2, 0.25) is 0 Å². The molecule has 1 aromatic rings. The summed E-state index contributed by atoms with van der Waals surface area (Å²) in [6.45, 7) is 2.30. The van der Waals surface area contributed by atoms with Crippen LogP contribution in [0.5, 0.6) is 0 Å². The Balaban J connectivity index is 1.83. The van der Waals surface area contributed by atoms with Gasteiger partial charge in [-0.3, -0.25) is 9.89 Å². The number of aromatic nitrogens is 2. The van der Waals surface area contributed by atoms with Crippen molar-refractivity contribution in [3.05, 3.63) is 18.0 Å². The molecule has 1 amide bonds. The van der Waals surface area contributed by atoms with Gasteiger partial charge in [-0.15, -0.1) is 0 Å². The van der Waals surface area contributed by atoms with Gasteiger partial charge in [0.1, 0.15) is 0 Å². The minimum absolute atomic E-state index is 0.00532. The van der Waals surface area contributed by atoms with Crippen LogP contribution in [0.4, 0.5) is 0 Å². The second kappa shape index (κ2) is 5.07. The number of carbonyl (C=O) groups excluding carboxylic acids is 1. The molecule has 1 saturated heterocycles. The van der Waals surface area contributed by atoms with Gasteiger partial charge in [-0.25, -0.2) is 0 Å². The molecule has 1 fully saturated rings. The second-order valence-corrected chi connectivity index (χ2v) is 5.07. The molecule has 3 N–H and O–H groups in total. The topological polar surface area (TPSA) is 89.5 Å². The Labute approximate surface area is 106 Å². The van der Waals surface area contributed by atoms with Crippen molar-refractivity contribution in [1.29, 1.82) is 0 Å². The first-order valence-electron chi connectivity index (χ1n) is 6.15. The number of aliphatic hydroxyl groups is 2. The molecule has 2 unspecified atom stereocenters. The quantitative estimate of drug-likeness (QED) is 0.689. The molecule has 18 heavy (non-hydrogen) atoms. The number of nitrogens with one attached hydrogen (secondary N) is 1. The number of piperidine rings is 1. The van der Waals surface area contributed by atoms with Gasteiger partial charge in [0, 0.05) is 25.7 Å². The van der Waals surface area contributed by atoms with Crippen LogP contribution < -0.4 is 0 Å². The van der Waals surface area contributed by atoms with E-state index in [2.05, 4.69) is 10.2 Å². The minimum Gasteiger partial charge on any atom is -0.388 e. The van der Waals surface area contributed by atoms with E-state index in [0.29, 0.717) is 25.8 Å². The molecule has 1 aromatic heterocycles. The molecule has 0 radical (unpaired) electrons. The fourth-order valence-corrected chi connectivity index (χ4v) is 2.07. The van der Waals surface area contributed by atoms with E-state index < -0.39 is 11.7 Å². The number of aliphatic hydroxyl groups excluding tert-OH is 1. The number of likely N-dealkylation sites (tertiary alicyclic amines) is 1. The molecule has 2 rings (SSSR count). The summed E-state index contributed by atoms with van der Waals surface area (Å²) in [4.78, 5) is 13.6. The zero-order valence-corrected chi connectivity index (χ0v) is 10.5. The lowest BCUT2D eigenvalue weighted by molar-refractivity contribution is -0.146. The maximum absolute atomic E-state index is 12.0. The molecule has 0 spiro atoms. The van der Waals surface area contributed by atoms with E-state index in [1.54, 1.807) is 24.2 Å². The van der Waals surface area contributed by atoms with Crippen LogP contribution in [0.25, 0.3) is 0 Å². The molecule has 0 aromatic carbocycles. The average Bonchev–Trinajstić information content (AvgIpc) is 2.82. The third-order valence-corrected chi connectivity index (χ3v) is 3.53. The molecule has 0 bridgehead atoms. The normalized spacial score (nSPS) is 28.4. The van der Waals surface area contributed by atoms with Crippen molar-refractivity contribution in [3.63, 3.8) is 0 Å². The third kappa shape index (κ3) is 2.88. The van der Waals surface area contributed by atoms with Gasteiger partial charge < -0.3 is 15.1 Å². The highest BCUT2D eigenvalue weighted by Crippen LogP contribution is 2.22. The van der Waals surface area contributed by atoms with E-state index in [1.165, 1.54) is 0 Å². The Morgan fingerprint density at radius 1 is 1.72 bits per heavy atom. The van der Waals surface area contributed by atoms with E-state index in [0.717, 1.165) is 5.56 Å². The van der Waals surface area contributed by atoms with Crippen molar-refractivity contribution >= 4 is 5.91 Å². The number of aromatic amines is 1. The largest absolute Gasteiger partial charge is 0.388 e. The van der Waals surface area contributed by atoms with Crippen molar-refractivity contribution < 1.29 is 15.0 Å². The standard InChI is InChI=1S/C12H19N3O3/c1-12(18)4-5-15(8-10(12)16)11(17)3-2-9-6-13-14-7-9/h6-7,10,16,18H,2-5,8H2,1H3,(H,13,14). The summed E-state index contributed by atoms with van der Waals surface area (Å²) in [7, 11) is 0. The molecule has 1 aliphatic heterocycles. The summed E-state index contributed by atoms with van der Waals surface area (Å²) >= 11 is 0. The van der Waals surface area contributed by atoms with Crippen LogP contribution >= 0.6 is 0 Å². The summed E-state index contributed by atoms with van der Waals surface area (Å²) in [6.07, 6.45) is 4.04. The van der Waals surface area contributed by atoms with E-state index in [1.807, 2.05) is 0 Å². The molecule has 2 atom stereocenters. The average molecular weight is 253 g/mol. The maximum Gasteiger partial charge on any atom is 0.222 e. The van der Waals surface area contributed by atoms with Gasteiger partial charge in [0.05, 0.1) is 17.9 Å². The van der Waals surface area contributed by atoms with Gasteiger partial charge in [-0.2, -0.15) is 5.10 Å². The van der Waals surface area contributed by atoms with E-state index in [4.69, 9.17) is 0 Å². The highest BCUT2D eigenvalue weighted by molar-refractivity contribution is 5.76.